The number of carbonyl (C=O) groups is 2. The number of rotatable bonds is 6. The van der Waals surface area contributed by atoms with Gasteiger partial charge in [-0.2, -0.15) is 0 Å². The average Bonchev–Trinajstić information content (AvgIpc) is 3.16. The highest BCUT2D eigenvalue weighted by Gasteiger charge is 2.27. The van der Waals surface area contributed by atoms with Gasteiger partial charge in [-0.25, -0.2) is 9.78 Å². The summed E-state index contributed by atoms with van der Waals surface area (Å²) in [5, 5.41) is 3.77. The summed E-state index contributed by atoms with van der Waals surface area (Å²) in [5.74, 6) is 0.196. The molecule has 29 heavy (non-hydrogen) atoms. The number of likely N-dealkylation sites (tertiary alicyclic amines) is 1. The SMILES string of the molecule is CCOC(=O)/C=C/c1cnc(N[C@@H]2CCN(C(=O)c3cccc(C)c3)C2)c(Cl)c1. The van der Waals surface area contributed by atoms with Crippen LogP contribution >= 0.6 is 11.6 Å². The Bertz CT molecular complexity index is 929. The van der Waals surface area contributed by atoms with Crippen molar-refractivity contribution >= 4 is 35.4 Å². The highest BCUT2D eigenvalue weighted by molar-refractivity contribution is 6.33. The molecule has 0 spiro atoms. The van der Waals surface area contributed by atoms with E-state index in [1.807, 2.05) is 36.1 Å². The van der Waals surface area contributed by atoms with E-state index in [1.165, 1.54) is 6.08 Å². The highest BCUT2D eigenvalue weighted by Crippen LogP contribution is 2.24. The number of esters is 1. The Morgan fingerprint density at radius 3 is 2.93 bits per heavy atom. The topological polar surface area (TPSA) is 71.5 Å². The minimum Gasteiger partial charge on any atom is -0.463 e. The maximum Gasteiger partial charge on any atom is 0.330 e. The second kappa shape index (κ2) is 9.56. The third kappa shape index (κ3) is 5.57. The Balaban J connectivity index is 1.59. The van der Waals surface area contributed by atoms with Crippen LogP contribution in [0.1, 0.15) is 34.8 Å². The number of halogens is 1. The Kier molecular flexibility index (Phi) is 6.88. The fourth-order valence-electron chi connectivity index (χ4n) is 3.22. The van der Waals surface area contributed by atoms with E-state index in [0.717, 1.165) is 12.0 Å². The first-order chi connectivity index (χ1) is 14.0. The van der Waals surface area contributed by atoms with Crippen LogP contribution in [0.5, 0.6) is 0 Å². The van der Waals surface area contributed by atoms with Crippen molar-refractivity contribution in [3.63, 3.8) is 0 Å². The maximum absolute atomic E-state index is 12.7. The Labute approximate surface area is 175 Å². The van der Waals surface area contributed by atoms with Gasteiger partial charge in [0.2, 0.25) is 0 Å². The van der Waals surface area contributed by atoms with Crippen LogP contribution in [0.3, 0.4) is 0 Å². The summed E-state index contributed by atoms with van der Waals surface area (Å²) in [5.41, 5.74) is 2.48. The number of aryl methyl sites for hydroxylation is 1. The molecule has 1 saturated heterocycles. The van der Waals surface area contributed by atoms with Crippen LogP contribution in [0, 0.1) is 6.92 Å². The van der Waals surface area contributed by atoms with Crippen molar-refractivity contribution in [3.05, 3.63) is 64.3 Å². The molecule has 7 heteroatoms. The summed E-state index contributed by atoms with van der Waals surface area (Å²) < 4.78 is 4.85. The van der Waals surface area contributed by atoms with Crippen molar-refractivity contribution in [3.8, 4) is 0 Å². The molecule has 2 aromatic rings. The number of ether oxygens (including phenoxy) is 1. The first-order valence-electron chi connectivity index (χ1n) is 9.59. The zero-order chi connectivity index (χ0) is 20.8. The molecule has 0 saturated carbocycles. The first kappa shape index (κ1) is 20.9. The smallest absolute Gasteiger partial charge is 0.330 e. The third-order valence-corrected chi connectivity index (χ3v) is 4.93. The van der Waals surface area contributed by atoms with Gasteiger partial charge in [0.15, 0.2) is 0 Å². The highest BCUT2D eigenvalue weighted by atomic mass is 35.5. The summed E-state index contributed by atoms with van der Waals surface area (Å²) in [6.07, 6.45) is 5.41. The van der Waals surface area contributed by atoms with Gasteiger partial charge in [0.05, 0.1) is 11.6 Å². The predicted octanol–water partition coefficient (Wildman–Crippen LogP) is 3.95. The number of aromatic nitrogens is 1. The van der Waals surface area contributed by atoms with E-state index in [-0.39, 0.29) is 11.9 Å². The van der Waals surface area contributed by atoms with Crippen LogP contribution < -0.4 is 5.32 Å². The Morgan fingerprint density at radius 1 is 1.38 bits per heavy atom. The van der Waals surface area contributed by atoms with Crippen molar-refractivity contribution in [2.24, 2.45) is 0 Å². The first-order valence-corrected chi connectivity index (χ1v) is 9.97. The summed E-state index contributed by atoms with van der Waals surface area (Å²) >= 11 is 6.34. The lowest BCUT2D eigenvalue weighted by molar-refractivity contribution is -0.137. The molecule has 1 N–H and O–H groups in total. The van der Waals surface area contributed by atoms with Crippen molar-refractivity contribution in [2.45, 2.75) is 26.3 Å². The van der Waals surface area contributed by atoms with E-state index in [4.69, 9.17) is 16.3 Å². The fourth-order valence-corrected chi connectivity index (χ4v) is 3.45. The minimum atomic E-state index is -0.407. The zero-order valence-electron chi connectivity index (χ0n) is 16.5. The van der Waals surface area contributed by atoms with Crippen LogP contribution in [0.15, 0.2) is 42.6 Å². The fraction of sp³-hybridized carbons (Fsp3) is 0.318. The molecule has 1 aromatic carbocycles. The molecule has 0 aliphatic carbocycles. The molecule has 6 nitrogen and oxygen atoms in total. The summed E-state index contributed by atoms with van der Waals surface area (Å²) in [7, 11) is 0. The van der Waals surface area contributed by atoms with Crippen molar-refractivity contribution in [2.75, 3.05) is 25.0 Å². The van der Waals surface area contributed by atoms with E-state index >= 15 is 0 Å². The van der Waals surface area contributed by atoms with Crippen molar-refractivity contribution in [1.82, 2.24) is 9.88 Å². The molecule has 0 bridgehead atoms. The molecule has 3 rings (SSSR count). The lowest BCUT2D eigenvalue weighted by Crippen LogP contribution is -2.31. The molecular formula is C22H24ClN3O3. The molecule has 1 aliphatic heterocycles. The van der Waals surface area contributed by atoms with Gasteiger partial charge in [-0.05, 0) is 50.1 Å². The molecule has 2 heterocycles. The molecule has 0 radical (unpaired) electrons. The lowest BCUT2D eigenvalue weighted by Gasteiger charge is -2.18. The van der Waals surface area contributed by atoms with E-state index in [2.05, 4.69) is 10.3 Å². The predicted molar refractivity (Wildman–Crippen MR) is 114 cm³/mol. The number of nitrogens with one attached hydrogen (secondary N) is 1. The average molecular weight is 414 g/mol. The number of nitrogens with zero attached hydrogens (tertiary/aromatic N) is 2. The second-order valence-electron chi connectivity index (χ2n) is 6.94. The van der Waals surface area contributed by atoms with Crippen LogP contribution in [-0.4, -0.2) is 47.5 Å². The Hall–Kier alpha value is -2.86. The molecule has 1 aromatic heterocycles. The second-order valence-corrected chi connectivity index (χ2v) is 7.34. The number of hydrogen-bond donors (Lipinski definition) is 1. The molecule has 1 aliphatic rings. The van der Waals surface area contributed by atoms with Gasteiger partial charge in [0, 0.05) is 37.0 Å². The van der Waals surface area contributed by atoms with E-state index in [9.17, 15) is 9.59 Å². The molecule has 1 atom stereocenters. The van der Waals surface area contributed by atoms with Crippen LogP contribution in [0.25, 0.3) is 6.08 Å². The van der Waals surface area contributed by atoms with E-state index in [1.54, 1.807) is 25.3 Å². The molecule has 1 fully saturated rings. The number of amides is 1. The van der Waals surface area contributed by atoms with Crippen LogP contribution in [0.2, 0.25) is 5.02 Å². The third-order valence-electron chi connectivity index (χ3n) is 4.64. The number of hydrogen-bond acceptors (Lipinski definition) is 5. The van der Waals surface area contributed by atoms with Gasteiger partial charge in [-0.1, -0.05) is 29.3 Å². The van der Waals surface area contributed by atoms with Gasteiger partial charge in [0.25, 0.3) is 5.91 Å². The van der Waals surface area contributed by atoms with Crippen molar-refractivity contribution < 1.29 is 14.3 Å². The normalized spacial score (nSPS) is 16.2. The standard InChI is InChI=1S/C22H24ClN3O3/c1-3-29-20(27)8-7-16-12-19(23)21(24-13-16)25-18-9-10-26(14-18)22(28)17-6-4-5-15(2)11-17/h4-8,11-13,18H,3,9-10,14H2,1-2H3,(H,24,25)/b8-7+/t18-/m1/s1. The van der Waals surface area contributed by atoms with E-state index in [0.29, 0.717) is 41.7 Å². The van der Waals surface area contributed by atoms with Gasteiger partial charge in [-0.3, -0.25) is 4.79 Å². The van der Waals surface area contributed by atoms with Crippen LogP contribution in [0.4, 0.5) is 5.82 Å². The van der Waals surface area contributed by atoms with Gasteiger partial charge in [-0.15, -0.1) is 0 Å². The monoisotopic (exact) mass is 413 g/mol. The molecule has 1 amide bonds. The summed E-state index contributed by atoms with van der Waals surface area (Å²) in [4.78, 5) is 30.3. The maximum atomic E-state index is 12.7. The Morgan fingerprint density at radius 2 is 2.21 bits per heavy atom. The van der Waals surface area contributed by atoms with Crippen LogP contribution in [-0.2, 0) is 9.53 Å². The zero-order valence-corrected chi connectivity index (χ0v) is 17.3. The summed E-state index contributed by atoms with van der Waals surface area (Å²) in [6.45, 7) is 5.33. The number of carbonyl (C=O) groups excluding carboxylic acids is 2. The number of benzene rings is 1. The minimum absolute atomic E-state index is 0.0384. The molecule has 0 unspecified atom stereocenters. The number of anilines is 1. The largest absolute Gasteiger partial charge is 0.463 e. The van der Waals surface area contributed by atoms with Gasteiger partial charge in [0.1, 0.15) is 5.82 Å². The lowest BCUT2D eigenvalue weighted by atomic mass is 10.1. The molecule has 152 valence electrons. The van der Waals surface area contributed by atoms with Crippen molar-refractivity contribution in [1.29, 1.82) is 0 Å². The van der Waals surface area contributed by atoms with E-state index < -0.39 is 5.97 Å². The number of pyridine rings is 1. The summed E-state index contributed by atoms with van der Waals surface area (Å²) in [6, 6.07) is 9.44. The molecular weight excluding hydrogens is 390 g/mol. The van der Waals surface area contributed by atoms with Gasteiger partial charge >= 0.3 is 5.97 Å². The van der Waals surface area contributed by atoms with Gasteiger partial charge < -0.3 is 15.0 Å². The quantitative estimate of drug-likeness (QED) is 0.573.